The highest BCUT2D eigenvalue weighted by Gasteiger charge is 2.23. The van der Waals surface area contributed by atoms with Crippen molar-refractivity contribution in [1.82, 2.24) is 19.7 Å². The van der Waals surface area contributed by atoms with E-state index in [1.54, 1.807) is 14.0 Å². The third-order valence-corrected chi connectivity index (χ3v) is 3.53. The number of aromatic nitrogens is 3. The van der Waals surface area contributed by atoms with E-state index in [0.29, 0.717) is 6.54 Å². The summed E-state index contributed by atoms with van der Waals surface area (Å²) in [6.07, 6.45) is 0. The standard InChI is InChI=1S/C10H16N4O4S/c1-4-13(3)8(17)6(2)14-9(18)11-12-10(14)19-5-7(15)16/h6H,4-5H2,1-3H3,(H,11,18)(H,15,16). The number of carboxylic acids is 1. The Balaban J connectivity index is 2.98. The molecule has 0 aliphatic carbocycles. The van der Waals surface area contributed by atoms with E-state index < -0.39 is 17.7 Å². The zero-order chi connectivity index (χ0) is 14.6. The molecule has 1 aromatic rings. The predicted octanol–water partition coefficient (Wildman–Crippen LogP) is -0.213. The molecule has 0 bridgehead atoms. The average Bonchev–Trinajstić information content (AvgIpc) is 2.74. The first-order valence-corrected chi connectivity index (χ1v) is 6.63. The van der Waals surface area contributed by atoms with Gasteiger partial charge in [0, 0.05) is 13.6 Å². The lowest BCUT2D eigenvalue weighted by molar-refractivity contribution is -0.134. The highest BCUT2D eigenvalue weighted by atomic mass is 32.2. The van der Waals surface area contributed by atoms with Gasteiger partial charge >= 0.3 is 11.7 Å². The van der Waals surface area contributed by atoms with Crippen molar-refractivity contribution in [2.45, 2.75) is 25.0 Å². The van der Waals surface area contributed by atoms with Gasteiger partial charge in [0.2, 0.25) is 5.91 Å². The zero-order valence-corrected chi connectivity index (χ0v) is 11.7. The lowest BCUT2D eigenvalue weighted by Gasteiger charge is -2.20. The highest BCUT2D eigenvalue weighted by Crippen LogP contribution is 2.18. The summed E-state index contributed by atoms with van der Waals surface area (Å²) in [6, 6.07) is -0.729. The molecule has 2 N–H and O–H groups in total. The molecule has 1 rings (SSSR count). The summed E-state index contributed by atoms with van der Waals surface area (Å²) in [4.78, 5) is 35.7. The van der Waals surface area contributed by atoms with Gasteiger partial charge in [-0.15, -0.1) is 5.10 Å². The van der Waals surface area contributed by atoms with Crippen LogP contribution in [-0.4, -0.2) is 56.0 Å². The van der Waals surface area contributed by atoms with Gasteiger partial charge in [0.05, 0.1) is 5.75 Å². The molecule has 0 saturated heterocycles. The number of likely N-dealkylation sites (N-methyl/N-ethyl adjacent to an activating group) is 1. The van der Waals surface area contributed by atoms with Crippen LogP contribution < -0.4 is 5.69 Å². The minimum Gasteiger partial charge on any atom is -0.481 e. The van der Waals surface area contributed by atoms with Crippen molar-refractivity contribution < 1.29 is 14.7 Å². The summed E-state index contributed by atoms with van der Waals surface area (Å²) in [5, 5.41) is 14.8. The number of carboxylic acid groups (broad SMARTS) is 1. The smallest absolute Gasteiger partial charge is 0.344 e. The van der Waals surface area contributed by atoms with Crippen LogP contribution in [0.15, 0.2) is 9.95 Å². The fraction of sp³-hybridized carbons (Fsp3) is 0.600. The van der Waals surface area contributed by atoms with Gasteiger partial charge in [0.1, 0.15) is 6.04 Å². The molecule has 1 heterocycles. The fourth-order valence-electron chi connectivity index (χ4n) is 1.45. The van der Waals surface area contributed by atoms with Crippen LogP contribution in [0.3, 0.4) is 0 Å². The Hall–Kier alpha value is -1.77. The fourth-order valence-corrected chi connectivity index (χ4v) is 2.19. The van der Waals surface area contributed by atoms with Crippen molar-refractivity contribution in [1.29, 1.82) is 0 Å². The lowest BCUT2D eigenvalue weighted by Crippen LogP contribution is -2.36. The molecule has 19 heavy (non-hydrogen) atoms. The largest absolute Gasteiger partial charge is 0.481 e. The van der Waals surface area contributed by atoms with E-state index >= 15 is 0 Å². The lowest BCUT2D eigenvalue weighted by atomic mass is 10.3. The Labute approximate surface area is 113 Å². The van der Waals surface area contributed by atoms with Gasteiger partial charge < -0.3 is 10.0 Å². The van der Waals surface area contributed by atoms with E-state index in [1.165, 1.54) is 9.47 Å². The molecule has 0 spiro atoms. The van der Waals surface area contributed by atoms with Crippen LogP contribution in [0, 0.1) is 0 Å². The molecule has 1 aromatic heterocycles. The van der Waals surface area contributed by atoms with Crippen molar-refractivity contribution in [2.75, 3.05) is 19.3 Å². The van der Waals surface area contributed by atoms with Crippen LogP contribution in [-0.2, 0) is 9.59 Å². The molecule has 8 nitrogen and oxygen atoms in total. The molecule has 0 aromatic carbocycles. The molecule has 106 valence electrons. The number of aliphatic carboxylic acids is 1. The number of carbonyl (C=O) groups is 2. The molecule has 1 atom stereocenters. The first-order valence-electron chi connectivity index (χ1n) is 5.65. The predicted molar refractivity (Wildman–Crippen MR) is 69.2 cm³/mol. The molecule has 1 unspecified atom stereocenters. The van der Waals surface area contributed by atoms with E-state index in [9.17, 15) is 14.4 Å². The number of rotatable bonds is 6. The molecule has 0 fully saturated rings. The summed E-state index contributed by atoms with van der Waals surface area (Å²) in [5.41, 5.74) is -0.529. The van der Waals surface area contributed by atoms with Crippen LogP contribution >= 0.6 is 11.8 Å². The minimum atomic E-state index is -1.02. The molecule has 1 amide bonds. The Morgan fingerprint density at radius 2 is 2.21 bits per heavy atom. The van der Waals surface area contributed by atoms with Crippen molar-refractivity contribution in [3.63, 3.8) is 0 Å². The van der Waals surface area contributed by atoms with E-state index in [1.807, 2.05) is 6.92 Å². The summed E-state index contributed by atoms with van der Waals surface area (Å²) in [5.74, 6) is -1.48. The Morgan fingerprint density at radius 1 is 1.58 bits per heavy atom. The molecular weight excluding hydrogens is 272 g/mol. The van der Waals surface area contributed by atoms with Gasteiger partial charge in [-0.3, -0.25) is 14.2 Å². The first-order chi connectivity index (χ1) is 8.88. The number of carbonyl (C=O) groups excluding carboxylic acids is 1. The van der Waals surface area contributed by atoms with Crippen LogP contribution in [0.25, 0.3) is 0 Å². The maximum absolute atomic E-state index is 12.0. The van der Waals surface area contributed by atoms with Gasteiger partial charge in [-0.2, -0.15) is 0 Å². The number of H-pyrrole nitrogens is 1. The highest BCUT2D eigenvalue weighted by molar-refractivity contribution is 7.99. The maximum atomic E-state index is 12.0. The second-order valence-electron chi connectivity index (χ2n) is 3.89. The van der Waals surface area contributed by atoms with Crippen molar-refractivity contribution in [3.05, 3.63) is 10.5 Å². The Kier molecular flexibility index (Phi) is 5.16. The average molecular weight is 288 g/mol. The number of aromatic amines is 1. The second kappa shape index (κ2) is 6.41. The number of nitrogens with zero attached hydrogens (tertiary/aromatic N) is 3. The zero-order valence-electron chi connectivity index (χ0n) is 10.9. The molecule has 0 radical (unpaired) electrons. The summed E-state index contributed by atoms with van der Waals surface area (Å²) in [6.45, 7) is 3.92. The second-order valence-corrected chi connectivity index (χ2v) is 4.83. The monoisotopic (exact) mass is 288 g/mol. The number of amides is 1. The van der Waals surface area contributed by atoms with Crippen molar-refractivity contribution in [3.8, 4) is 0 Å². The van der Waals surface area contributed by atoms with Crippen LogP contribution in [0.5, 0.6) is 0 Å². The number of nitrogens with one attached hydrogen (secondary N) is 1. The van der Waals surface area contributed by atoms with Gasteiger partial charge in [0.15, 0.2) is 5.16 Å². The SMILES string of the molecule is CCN(C)C(=O)C(C)n1c(SCC(=O)O)n[nH]c1=O. The molecule has 0 saturated carbocycles. The van der Waals surface area contributed by atoms with Crippen molar-refractivity contribution >= 4 is 23.6 Å². The van der Waals surface area contributed by atoms with Crippen LogP contribution in [0.4, 0.5) is 0 Å². The summed E-state index contributed by atoms with van der Waals surface area (Å²) in [7, 11) is 1.63. The van der Waals surface area contributed by atoms with Gasteiger partial charge in [-0.25, -0.2) is 9.89 Å². The number of thioether (sulfide) groups is 1. The van der Waals surface area contributed by atoms with E-state index in [0.717, 1.165) is 11.8 Å². The normalized spacial score (nSPS) is 12.2. The van der Waals surface area contributed by atoms with E-state index in [2.05, 4.69) is 10.2 Å². The number of hydrogen-bond donors (Lipinski definition) is 2. The molecule has 0 aliphatic rings. The van der Waals surface area contributed by atoms with E-state index in [-0.39, 0.29) is 16.8 Å². The van der Waals surface area contributed by atoms with Crippen LogP contribution in [0.2, 0.25) is 0 Å². The van der Waals surface area contributed by atoms with Gasteiger partial charge in [0.25, 0.3) is 0 Å². The van der Waals surface area contributed by atoms with Gasteiger partial charge in [-0.05, 0) is 13.8 Å². The Bertz CT molecular complexity index is 524. The molecule has 0 aliphatic heterocycles. The quantitative estimate of drug-likeness (QED) is 0.701. The topological polar surface area (TPSA) is 108 Å². The molecule has 9 heteroatoms. The third-order valence-electron chi connectivity index (χ3n) is 2.59. The third kappa shape index (κ3) is 3.60. The first kappa shape index (κ1) is 15.3. The summed E-state index contributed by atoms with van der Waals surface area (Å²) >= 11 is 0.891. The van der Waals surface area contributed by atoms with E-state index in [4.69, 9.17) is 5.11 Å². The number of hydrogen-bond acceptors (Lipinski definition) is 5. The van der Waals surface area contributed by atoms with Gasteiger partial charge in [-0.1, -0.05) is 11.8 Å². The molecular formula is C10H16N4O4S. The van der Waals surface area contributed by atoms with Crippen molar-refractivity contribution in [2.24, 2.45) is 0 Å². The van der Waals surface area contributed by atoms with Crippen LogP contribution in [0.1, 0.15) is 19.9 Å². The minimum absolute atomic E-state index is 0.192. The summed E-state index contributed by atoms with van der Waals surface area (Å²) < 4.78 is 1.17. The Morgan fingerprint density at radius 3 is 2.74 bits per heavy atom. The maximum Gasteiger partial charge on any atom is 0.344 e.